The number of amides is 1. The molecule has 5 heteroatoms. The Labute approximate surface area is 96.4 Å². The summed E-state index contributed by atoms with van der Waals surface area (Å²) in [6.07, 6.45) is 0.640. The molecule has 0 aliphatic carbocycles. The highest BCUT2D eigenvalue weighted by Gasteiger charge is 2.23. The van der Waals surface area contributed by atoms with Gasteiger partial charge in [0.05, 0.1) is 12.3 Å². The van der Waals surface area contributed by atoms with Gasteiger partial charge in [-0.3, -0.25) is 9.59 Å². The number of nitrogens with one attached hydrogen (secondary N) is 1. The fraction of sp³-hybridized carbons (Fsp3) is 0.818. The Morgan fingerprint density at radius 1 is 1.38 bits per heavy atom. The highest BCUT2D eigenvalue weighted by atomic mass is 16.4. The van der Waals surface area contributed by atoms with Crippen LogP contribution in [0.15, 0.2) is 0 Å². The minimum Gasteiger partial charge on any atom is -0.481 e. The number of carbonyl (C=O) groups excluding carboxylic acids is 1. The molecule has 0 spiro atoms. The van der Waals surface area contributed by atoms with Gasteiger partial charge in [0.1, 0.15) is 0 Å². The van der Waals surface area contributed by atoms with Crippen LogP contribution in [0.5, 0.6) is 0 Å². The lowest BCUT2D eigenvalue weighted by atomic mass is 9.84. The average molecular weight is 230 g/mol. The van der Waals surface area contributed by atoms with E-state index in [9.17, 15) is 9.59 Å². The van der Waals surface area contributed by atoms with Crippen molar-refractivity contribution in [2.24, 2.45) is 17.1 Å². The van der Waals surface area contributed by atoms with E-state index in [2.05, 4.69) is 5.32 Å². The molecule has 0 saturated heterocycles. The van der Waals surface area contributed by atoms with Gasteiger partial charge in [-0.25, -0.2) is 0 Å². The normalized spacial score (nSPS) is 13.2. The number of hydrogen-bond donors (Lipinski definition) is 3. The van der Waals surface area contributed by atoms with Gasteiger partial charge in [-0.1, -0.05) is 20.8 Å². The lowest BCUT2D eigenvalue weighted by molar-refractivity contribution is -0.137. The van der Waals surface area contributed by atoms with E-state index in [1.54, 1.807) is 0 Å². The first-order valence-electron chi connectivity index (χ1n) is 5.46. The molecule has 0 heterocycles. The van der Waals surface area contributed by atoms with E-state index in [-0.39, 0.29) is 36.8 Å². The van der Waals surface area contributed by atoms with Crippen LogP contribution in [0.3, 0.4) is 0 Å². The SMILES string of the molecule is CC(C)(C)CC(CN)C(=O)NCCC(=O)O. The number of rotatable bonds is 6. The maximum atomic E-state index is 11.6. The summed E-state index contributed by atoms with van der Waals surface area (Å²) >= 11 is 0. The first kappa shape index (κ1) is 14.9. The largest absolute Gasteiger partial charge is 0.481 e. The molecule has 0 rings (SSSR count). The van der Waals surface area contributed by atoms with Crippen LogP contribution < -0.4 is 11.1 Å². The lowest BCUT2D eigenvalue weighted by Crippen LogP contribution is -2.38. The van der Waals surface area contributed by atoms with E-state index < -0.39 is 5.97 Å². The summed E-state index contributed by atoms with van der Waals surface area (Å²) in [6, 6.07) is 0. The molecular weight excluding hydrogens is 208 g/mol. The van der Waals surface area contributed by atoms with Crippen LogP contribution in [0, 0.1) is 11.3 Å². The summed E-state index contributed by atoms with van der Waals surface area (Å²) in [6.45, 7) is 6.57. The molecule has 1 atom stereocenters. The van der Waals surface area contributed by atoms with E-state index >= 15 is 0 Å². The minimum atomic E-state index is -0.916. The number of carboxylic acid groups (broad SMARTS) is 1. The topological polar surface area (TPSA) is 92.4 Å². The zero-order valence-electron chi connectivity index (χ0n) is 10.2. The van der Waals surface area contributed by atoms with Crippen molar-refractivity contribution in [3.63, 3.8) is 0 Å². The molecule has 1 amide bonds. The minimum absolute atomic E-state index is 0.0359. The Morgan fingerprint density at radius 3 is 2.31 bits per heavy atom. The van der Waals surface area contributed by atoms with E-state index in [0.717, 1.165) is 0 Å². The summed E-state index contributed by atoms with van der Waals surface area (Å²) in [5.74, 6) is -1.31. The summed E-state index contributed by atoms with van der Waals surface area (Å²) in [5.41, 5.74) is 5.57. The van der Waals surface area contributed by atoms with Gasteiger partial charge in [-0.05, 0) is 11.8 Å². The number of hydrogen-bond acceptors (Lipinski definition) is 3. The summed E-state index contributed by atoms with van der Waals surface area (Å²) < 4.78 is 0. The van der Waals surface area contributed by atoms with Crippen molar-refractivity contribution in [3.05, 3.63) is 0 Å². The molecule has 94 valence electrons. The number of aliphatic carboxylic acids is 1. The van der Waals surface area contributed by atoms with Crippen molar-refractivity contribution in [1.82, 2.24) is 5.32 Å². The molecule has 0 saturated carbocycles. The summed E-state index contributed by atoms with van der Waals surface area (Å²) in [4.78, 5) is 21.9. The fourth-order valence-corrected chi connectivity index (χ4v) is 1.46. The van der Waals surface area contributed by atoms with Gasteiger partial charge < -0.3 is 16.2 Å². The van der Waals surface area contributed by atoms with E-state index in [1.807, 2.05) is 20.8 Å². The molecule has 0 aromatic carbocycles. The first-order chi connectivity index (χ1) is 7.26. The van der Waals surface area contributed by atoms with Crippen molar-refractivity contribution in [2.75, 3.05) is 13.1 Å². The second kappa shape index (κ2) is 6.48. The van der Waals surface area contributed by atoms with Crippen LogP contribution in [0.2, 0.25) is 0 Å². The summed E-state index contributed by atoms with van der Waals surface area (Å²) in [5, 5.41) is 11.0. The maximum Gasteiger partial charge on any atom is 0.305 e. The summed E-state index contributed by atoms with van der Waals surface area (Å²) in [7, 11) is 0. The van der Waals surface area contributed by atoms with Crippen molar-refractivity contribution >= 4 is 11.9 Å². The molecule has 0 bridgehead atoms. The smallest absolute Gasteiger partial charge is 0.305 e. The highest BCUT2D eigenvalue weighted by Crippen LogP contribution is 2.23. The fourth-order valence-electron chi connectivity index (χ4n) is 1.46. The predicted octanol–water partition coefficient (Wildman–Crippen LogP) is 0.588. The standard InChI is InChI=1S/C11H22N2O3/c1-11(2,3)6-8(7-12)10(16)13-5-4-9(14)15/h8H,4-7,12H2,1-3H3,(H,13,16)(H,14,15). The van der Waals surface area contributed by atoms with Crippen LogP contribution >= 0.6 is 0 Å². The van der Waals surface area contributed by atoms with E-state index in [1.165, 1.54) is 0 Å². The quantitative estimate of drug-likeness (QED) is 0.622. The van der Waals surface area contributed by atoms with Crippen molar-refractivity contribution < 1.29 is 14.7 Å². The zero-order valence-corrected chi connectivity index (χ0v) is 10.2. The third-order valence-electron chi connectivity index (χ3n) is 2.15. The molecule has 0 aromatic rings. The van der Waals surface area contributed by atoms with Crippen LogP contribution in [0.1, 0.15) is 33.6 Å². The number of nitrogens with two attached hydrogens (primary N) is 1. The third kappa shape index (κ3) is 7.23. The van der Waals surface area contributed by atoms with Gasteiger partial charge >= 0.3 is 5.97 Å². The number of carboxylic acids is 1. The molecule has 5 nitrogen and oxygen atoms in total. The molecular formula is C11H22N2O3. The van der Waals surface area contributed by atoms with Crippen molar-refractivity contribution in [1.29, 1.82) is 0 Å². The number of carbonyl (C=O) groups is 2. The Balaban J connectivity index is 4.06. The predicted molar refractivity (Wildman–Crippen MR) is 61.9 cm³/mol. The van der Waals surface area contributed by atoms with Gasteiger partial charge in [-0.2, -0.15) is 0 Å². The Kier molecular flexibility index (Phi) is 6.03. The molecule has 0 fully saturated rings. The van der Waals surface area contributed by atoms with Crippen molar-refractivity contribution in [3.8, 4) is 0 Å². The Bertz CT molecular complexity index is 246. The second-order valence-electron chi connectivity index (χ2n) is 5.13. The molecule has 16 heavy (non-hydrogen) atoms. The average Bonchev–Trinajstić information content (AvgIpc) is 2.11. The molecule has 0 radical (unpaired) electrons. The van der Waals surface area contributed by atoms with Crippen LogP contribution in [-0.2, 0) is 9.59 Å². The highest BCUT2D eigenvalue weighted by molar-refractivity contribution is 5.79. The second-order valence-corrected chi connectivity index (χ2v) is 5.13. The molecule has 0 aromatic heterocycles. The molecule has 1 unspecified atom stereocenters. The first-order valence-corrected chi connectivity index (χ1v) is 5.46. The molecule has 0 aliphatic rings. The lowest BCUT2D eigenvalue weighted by Gasteiger charge is -2.24. The van der Waals surface area contributed by atoms with Crippen molar-refractivity contribution in [2.45, 2.75) is 33.6 Å². The zero-order chi connectivity index (χ0) is 12.8. The van der Waals surface area contributed by atoms with Gasteiger partial charge in [-0.15, -0.1) is 0 Å². The molecule has 0 aliphatic heterocycles. The van der Waals surface area contributed by atoms with E-state index in [0.29, 0.717) is 6.42 Å². The van der Waals surface area contributed by atoms with E-state index in [4.69, 9.17) is 10.8 Å². The van der Waals surface area contributed by atoms with Crippen LogP contribution in [-0.4, -0.2) is 30.1 Å². The Morgan fingerprint density at radius 2 is 1.94 bits per heavy atom. The Hall–Kier alpha value is -1.10. The van der Waals surface area contributed by atoms with Crippen LogP contribution in [0.25, 0.3) is 0 Å². The molecule has 4 N–H and O–H groups in total. The monoisotopic (exact) mass is 230 g/mol. The van der Waals surface area contributed by atoms with Gasteiger partial charge in [0, 0.05) is 13.1 Å². The third-order valence-corrected chi connectivity index (χ3v) is 2.15. The van der Waals surface area contributed by atoms with Gasteiger partial charge in [0.2, 0.25) is 5.91 Å². The maximum absolute atomic E-state index is 11.6. The van der Waals surface area contributed by atoms with Gasteiger partial charge in [0.15, 0.2) is 0 Å². The van der Waals surface area contributed by atoms with Gasteiger partial charge in [0.25, 0.3) is 0 Å². The van der Waals surface area contributed by atoms with Crippen LogP contribution in [0.4, 0.5) is 0 Å².